The molecule has 0 bridgehead atoms. The zero-order valence-corrected chi connectivity index (χ0v) is 13.2. The van der Waals surface area contributed by atoms with Crippen molar-refractivity contribution in [2.75, 3.05) is 6.54 Å². The van der Waals surface area contributed by atoms with Crippen molar-refractivity contribution in [2.24, 2.45) is 0 Å². The highest BCUT2D eigenvalue weighted by molar-refractivity contribution is 5.97. The van der Waals surface area contributed by atoms with Gasteiger partial charge in [0.05, 0.1) is 23.2 Å². The first-order valence-electron chi connectivity index (χ1n) is 7.98. The van der Waals surface area contributed by atoms with E-state index in [2.05, 4.69) is 9.97 Å². The Morgan fingerprint density at radius 2 is 1.84 bits per heavy atom. The molecule has 4 rings (SSSR count). The molecule has 1 fully saturated rings. The van der Waals surface area contributed by atoms with Gasteiger partial charge in [0, 0.05) is 12.1 Å². The Kier molecular flexibility index (Phi) is 3.65. The minimum Gasteiger partial charge on any atom is -0.391 e. The number of nitrogens with zero attached hydrogens (tertiary/aromatic N) is 1. The predicted octanol–water partition coefficient (Wildman–Crippen LogP) is 1.94. The Labute approximate surface area is 141 Å². The highest BCUT2D eigenvalue weighted by Gasteiger charge is 2.35. The first kappa shape index (κ1) is 15.6. The molecular weight excluding hydrogens is 325 g/mol. The number of carbonyl (C=O) groups excluding carboxylic acids is 1. The van der Waals surface area contributed by atoms with Crippen LogP contribution in [0.2, 0.25) is 0 Å². The number of nitrogens with one attached hydrogen (secondary N) is 2. The van der Waals surface area contributed by atoms with E-state index in [4.69, 9.17) is 0 Å². The SMILES string of the molecule is O=C(c1ccc2[nH]c(=O)[nH]c2c1)N1C[C@@H](O)C[C@@H]1c1ccc(F)cc1. The topological polar surface area (TPSA) is 89.2 Å². The molecule has 0 radical (unpaired) electrons. The number of aliphatic hydroxyl groups is 1. The van der Waals surface area contributed by atoms with Crippen molar-refractivity contribution < 1.29 is 14.3 Å². The average Bonchev–Trinajstić information content (AvgIpc) is 3.16. The summed E-state index contributed by atoms with van der Waals surface area (Å²) in [4.78, 5) is 31.1. The maximum atomic E-state index is 13.2. The predicted molar refractivity (Wildman–Crippen MR) is 89.7 cm³/mol. The molecule has 2 heterocycles. The molecule has 1 aromatic heterocycles. The van der Waals surface area contributed by atoms with E-state index in [1.54, 1.807) is 35.2 Å². The van der Waals surface area contributed by atoms with Gasteiger partial charge in [0.15, 0.2) is 0 Å². The highest BCUT2D eigenvalue weighted by Crippen LogP contribution is 2.33. The third-order valence-corrected chi connectivity index (χ3v) is 4.56. The van der Waals surface area contributed by atoms with Crippen LogP contribution in [0.4, 0.5) is 4.39 Å². The van der Waals surface area contributed by atoms with Crippen LogP contribution in [0.3, 0.4) is 0 Å². The normalized spacial score (nSPS) is 20.3. The Morgan fingerprint density at radius 1 is 1.12 bits per heavy atom. The number of aliphatic hydroxyl groups excluding tert-OH is 1. The number of aromatic nitrogens is 2. The summed E-state index contributed by atoms with van der Waals surface area (Å²) >= 11 is 0. The molecule has 0 unspecified atom stereocenters. The summed E-state index contributed by atoms with van der Waals surface area (Å²) in [6.07, 6.45) is -0.226. The smallest absolute Gasteiger partial charge is 0.323 e. The van der Waals surface area contributed by atoms with E-state index in [0.717, 1.165) is 5.56 Å². The molecule has 3 N–H and O–H groups in total. The van der Waals surface area contributed by atoms with Gasteiger partial charge in [-0.1, -0.05) is 12.1 Å². The lowest BCUT2D eigenvalue weighted by molar-refractivity contribution is 0.0716. The van der Waals surface area contributed by atoms with Crippen molar-refractivity contribution in [1.29, 1.82) is 0 Å². The van der Waals surface area contributed by atoms with Gasteiger partial charge in [-0.3, -0.25) is 4.79 Å². The van der Waals surface area contributed by atoms with Gasteiger partial charge in [-0.2, -0.15) is 0 Å². The number of imidazole rings is 1. The van der Waals surface area contributed by atoms with Crippen LogP contribution in [0.25, 0.3) is 11.0 Å². The van der Waals surface area contributed by atoms with E-state index in [0.29, 0.717) is 23.0 Å². The number of aromatic amines is 2. The van der Waals surface area contributed by atoms with Crippen LogP contribution in [0, 0.1) is 5.82 Å². The summed E-state index contributed by atoms with van der Waals surface area (Å²) < 4.78 is 13.2. The lowest BCUT2D eigenvalue weighted by Crippen LogP contribution is -2.31. The number of amides is 1. The Balaban J connectivity index is 1.68. The van der Waals surface area contributed by atoms with E-state index in [1.165, 1.54) is 12.1 Å². The Bertz CT molecular complexity index is 993. The maximum Gasteiger partial charge on any atom is 0.323 e. The van der Waals surface area contributed by atoms with Gasteiger partial charge in [-0.25, -0.2) is 9.18 Å². The summed E-state index contributed by atoms with van der Waals surface area (Å²) in [6.45, 7) is 0.211. The van der Waals surface area contributed by atoms with Gasteiger partial charge in [0.1, 0.15) is 5.82 Å². The van der Waals surface area contributed by atoms with E-state index >= 15 is 0 Å². The molecule has 1 saturated heterocycles. The fraction of sp³-hybridized carbons (Fsp3) is 0.222. The van der Waals surface area contributed by atoms with Crippen LogP contribution in [0.15, 0.2) is 47.3 Å². The molecule has 0 aliphatic carbocycles. The Morgan fingerprint density at radius 3 is 2.60 bits per heavy atom. The van der Waals surface area contributed by atoms with Gasteiger partial charge in [0.25, 0.3) is 5.91 Å². The zero-order chi connectivity index (χ0) is 17.6. The van der Waals surface area contributed by atoms with Crippen LogP contribution >= 0.6 is 0 Å². The highest BCUT2D eigenvalue weighted by atomic mass is 19.1. The van der Waals surface area contributed by atoms with E-state index in [9.17, 15) is 19.1 Å². The van der Waals surface area contributed by atoms with Gasteiger partial charge in [0.2, 0.25) is 0 Å². The monoisotopic (exact) mass is 341 g/mol. The van der Waals surface area contributed by atoms with Crippen LogP contribution < -0.4 is 5.69 Å². The van der Waals surface area contributed by atoms with Crippen LogP contribution in [0.5, 0.6) is 0 Å². The second-order valence-corrected chi connectivity index (χ2v) is 6.25. The third kappa shape index (κ3) is 2.83. The number of rotatable bonds is 2. The third-order valence-electron chi connectivity index (χ3n) is 4.56. The van der Waals surface area contributed by atoms with Crippen molar-refractivity contribution in [3.8, 4) is 0 Å². The number of hydrogen-bond donors (Lipinski definition) is 3. The van der Waals surface area contributed by atoms with E-state index in [1.807, 2.05) is 0 Å². The minimum atomic E-state index is -0.630. The van der Waals surface area contributed by atoms with E-state index < -0.39 is 6.10 Å². The standard InChI is InChI=1S/C18H16FN3O3/c19-12-4-1-10(2-5-12)16-8-13(23)9-22(16)17(24)11-3-6-14-15(7-11)21-18(25)20-14/h1-7,13,16,23H,8-9H2,(H2,20,21,25)/t13-,16+/m0/s1. The lowest BCUT2D eigenvalue weighted by atomic mass is 10.0. The molecular formula is C18H16FN3O3. The summed E-state index contributed by atoms with van der Waals surface area (Å²) in [5, 5.41) is 10.0. The number of hydrogen-bond acceptors (Lipinski definition) is 3. The molecule has 6 nitrogen and oxygen atoms in total. The molecule has 25 heavy (non-hydrogen) atoms. The van der Waals surface area contributed by atoms with Crippen LogP contribution in [-0.4, -0.2) is 38.5 Å². The largest absolute Gasteiger partial charge is 0.391 e. The molecule has 1 amide bonds. The second kappa shape index (κ2) is 5.86. The van der Waals surface area contributed by atoms with Crippen LogP contribution in [0.1, 0.15) is 28.4 Å². The van der Waals surface area contributed by atoms with E-state index in [-0.39, 0.29) is 30.0 Å². The van der Waals surface area contributed by atoms with Gasteiger partial charge in [-0.15, -0.1) is 0 Å². The number of likely N-dealkylation sites (tertiary alicyclic amines) is 1. The van der Waals surface area contributed by atoms with Gasteiger partial charge < -0.3 is 20.0 Å². The Hall–Kier alpha value is -2.93. The minimum absolute atomic E-state index is 0.211. The fourth-order valence-electron chi connectivity index (χ4n) is 3.37. The summed E-state index contributed by atoms with van der Waals surface area (Å²) in [6, 6.07) is 10.6. The number of halogens is 1. The fourth-order valence-corrected chi connectivity index (χ4v) is 3.37. The molecule has 0 saturated carbocycles. The summed E-state index contributed by atoms with van der Waals surface area (Å²) in [7, 11) is 0. The van der Waals surface area contributed by atoms with Crippen molar-refractivity contribution in [2.45, 2.75) is 18.6 Å². The van der Waals surface area contributed by atoms with Crippen molar-refractivity contribution in [3.05, 3.63) is 69.9 Å². The molecule has 2 aromatic carbocycles. The average molecular weight is 341 g/mol. The van der Waals surface area contributed by atoms with Crippen molar-refractivity contribution >= 4 is 16.9 Å². The lowest BCUT2D eigenvalue weighted by Gasteiger charge is -2.25. The van der Waals surface area contributed by atoms with Gasteiger partial charge in [-0.05, 0) is 42.3 Å². The molecule has 1 aliphatic heterocycles. The quantitative estimate of drug-likeness (QED) is 0.665. The molecule has 2 atom stereocenters. The number of fused-ring (bicyclic) bond motifs is 1. The first-order valence-corrected chi connectivity index (χ1v) is 7.98. The van der Waals surface area contributed by atoms with Gasteiger partial charge >= 0.3 is 5.69 Å². The molecule has 1 aliphatic rings. The van der Waals surface area contributed by atoms with Crippen LogP contribution in [-0.2, 0) is 0 Å². The molecule has 7 heteroatoms. The maximum absolute atomic E-state index is 13.2. The number of benzene rings is 2. The molecule has 3 aromatic rings. The summed E-state index contributed by atoms with van der Waals surface area (Å²) in [5.41, 5.74) is 2.04. The number of carbonyl (C=O) groups is 1. The second-order valence-electron chi connectivity index (χ2n) is 6.25. The van der Waals surface area contributed by atoms with Crippen molar-refractivity contribution in [1.82, 2.24) is 14.9 Å². The summed E-state index contributed by atoms with van der Waals surface area (Å²) in [5.74, 6) is -0.586. The number of H-pyrrole nitrogens is 2. The van der Waals surface area contributed by atoms with Crippen molar-refractivity contribution in [3.63, 3.8) is 0 Å². The number of β-amino-alcohol motifs (C(OH)–C–C–N with tert-alkyl or cyclic N) is 1. The zero-order valence-electron chi connectivity index (χ0n) is 13.2. The first-order chi connectivity index (χ1) is 12.0. The molecule has 128 valence electrons. The molecule has 0 spiro atoms.